The highest BCUT2D eigenvalue weighted by atomic mass is 35.5. The number of nitrogens with one attached hydrogen (secondary N) is 1. The zero-order chi connectivity index (χ0) is 10.7. The summed E-state index contributed by atoms with van der Waals surface area (Å²) in [6.45, 7) is 0. The van der Waals surface area contributed by atoms with E-state index in [2.05, 4.69) is 15.3 Å². The van der Waals surface area contributed by atoms with Crippen LogP contribution in [0.15, 0.2) is 11.2 Å². The minimum atomic E-state index is 0.540. The molecule has 1 aliphatic rings. The average Bonchev–Trinajstić information content (AvgIpc) is 2.71. The monoisotopic (exact) mass is 243 g/mol. The van der Waals surface area contributed by atoms with E-state index in [4.69, 9.17) is 11.6 Å². The molecule has 0 spiro atoms. The van der Waals surface area contributed by atoms with Crippen LogP contribution in [0, 0.1) is 0 Å². The Morgan fingerprint density at radius 3 is 2.80 bits per heavy atom. The third kappa shape index (κ3) is 2.55. The summed E-state index contributed by atoms with van der Waals surface area (Å²) >= 11 is 7.59. The molecule has 0 aromatic carbocycles. The molecule has 5 heteroatoms. The molecule has 1 heterocycles. The van der Waals surface area contributed by atoms with Gasteiger partial charge in [-0.1, -0.05) is 24.4 Å². The van der Waals surface area contributed by atoms with E-state index in [-0.39, 0.29) is 0 Å². The van der Waals surface area contributed by atoms with E-state index in [0.717, 1.165) is 10.7 Å². The van der Waals surface area contributed by atoms with Gasteiger partial charge in [-0.3, -0.25) is 0 Å². The molecule has 1 aliphatic carbocycles. The van der Waals surface area contributed by atoms with Crippen molar-refractivity contribution >= 4 is 29.2 Å². The van der Waals surface area contributed by atoms with Gasteiger partial charge in [0, 0.05) is 6.04 Å². The van der Waals surface area contributed by atoms with E-state index in [1.165, 1.54) is 32.0 Å². The smallest absolute Gasteiger partial charge is 0.148 e. The van der Waals surface area contributed by atoms with Crippen molar-refractivity contribution in [3.8, 4) is 0 Å². The van der Waals surface area contributed by atoms with Crippen LogP contribution in [0.5, 0.6) is 0 Å². The van der Waals surface area contributed by atoms with Crippen molar-refractivity contribution in [2.75, 3.05) is 11.6 Å². The average molecular weight is 244 g/mol. The fraction of sp³-hybridized carbons (Fsp3) is 0.600. The van der Waals surface area contributed by atoms with Crippen LogP contribution in [0.25, 0.3) is 0 Å². The molecule has 0 bridgehead atoms. The molecule has 1 aromatic heterocycles. The minimum absolute atomic E-state index is 0.540. The molecule has 1 fully saturated rings. The lowest BCUT2D eigenvalue weighted by atomic mass is 10.2. The van der Waals surface area contributed by atoms with Gasteiger partial charge in [0.25, 0.3) is 0 Å². The van der Waals surface area contributed by atoms with Crippen LogP contribution in [0.4, 0.5) is 5.82 Å². The van der Waals surface area contributed by atoms with Crippen LogP contribution in [0.2, 0.25) is 5.15 Å². The molecule has 0 amide bonds. The molecule has 0 atom stereocenters. The second kappa shape index (κ2) is 5.03. The number of thioether (sulfide) groups is 1. The third-order valence-electron chi connectivity index (χ3n) is 2.66. The topological polar surface area (TPSA) is 37.8 Å². The molecule has 0 saturated heterocycles. The second-order valence-electron chi connectivity index (χ2n) is 3.67. The number of aromatic nitrogens is 2. The van der Waals surface area contributed by atoms with Crippen LogP contribution in [0.1, 0.15) is 25.7 Å². The third-order valence-corrected chi connectivity index (χ3v) is 3.85. The van der Waals surface area contributed by atoms with E-state index < -0.39 is 0 Å². The van der Waals surface area contributed by atoms with Crippen molar-refractivity contribution in [2.45, 2.75) is 36.6 Å². The maximum Gasteiger partial charge on any atom is 0.148 e. The van der Waals surface area contributed by atoms with Crippen LogP contribution >= 0.6 is 23.4 Å². The Hall–Kier alpha value is -0.480. The van der Waals surface area contributed by atoms with Crippen molar-refractivity contribution in [1.82, 2.24) is 9.97 Å². The van der Waals surface area contributed by atoms with Crippen molar-refractivity contribution in [2.24, 2.45) is 0 Å². The molecule has 0 unspecified atom stereocenters. The fourth-order valence-electron chi connectivity index (χ4n) is 1.90. The summed E-state index contributed by atoms with van der Waals surface area (Å²) in [5.74, 6) is 0.884. The summed E-state index contributed by atoms with van der Waals surface area (Å²) in [6.07, 6.45) is 8.59. The predicted octanol–water partition coefficient (Wildman–Crippen LogP) is 3.21. The number of halogens is 1. The van der Waals surface area contributed by atoms with Crippen LogP contribution < -0.4 is 5.32 Å². The highest BCUT2D eigenvalue weighted by Crippen LogP contribution is 2.31. The molecule has 15 heavy (non-hydrogen) atoms. The van der Waals surface area contributed by atoms with E-state index in [0.29, 0.717) is 11.2 Å². The standard InChI is InChI=1S/C10H14ClN3S/c1-15-8-9(11)12-6-13-10(8)14-7-4-2-3-5-7/h6-7H,2-5H2,1H3,(H,12,13,14). The molecule has 3 nitrogen and oxygen atoms in total. The number of nitrogens with zero attached hydrogens (tertiary/aromatic N) is 2. The van der Waals surface area contributed by atoms with Crippen molar-refractivity contribution < 1.29 is 0 Å². The first-order chi connectivity index (χ1) is 7.31. The first-order valence-corrected chi connectivity index (χ1v) is 6.72. The lowest BCUT2D eigenvalue weighted by Gasteiger charge is -2.15. The van der Waals surface area contributed by atoms with Gasteiger partial charge in [0.1, 0.15) is 17.3 Å². The largest absolute Gasteiger partial charge is 0.366 e. The number of hydrogen-bond donors (Lipinski definition) is 1. The summed E-state index contributed by atoms with van der Waals surface area (Å²) in [7, 11) is 0. The Balaban J connectivity index is 2.15. The summed E-state index contributed by atoms with van der Waals surface area (Å²) in [5, 5.41) is 3.98. The van der Waals surface area contributed by atoms with Crippen molar-refractivity contribution in [1.29, 1.82) is 0 Å². The van der Waals surface area contributed by atoms with Gasteiger partial charge in [-0.25, -0.2) is 9.97 Å². The summed E-state index contributed by atoms with van der Waals surface area (Å²) in [4.78, 5) is 9.18. The number of hydrogen-bond acceptors (Lipinski definition) is 4. The lowest BCUT2D eigenvalue weighted by Crippen LogP contribution is -2.16. The van der Waals surface area contributed by atoms with Gasteiger partial charge in [-0.15, -0.1) is 11.8 Å². The molecule has 1 N–H and O–H groups in total. The maximum atomic E-state index is 6.00. The lowest BCUT2D eigenvalue weighted by molar-refractivity contribution is 0.745. The van der Waals surface area contributed by atoms with E-state index >= 15 is 0 Å². The van der Waals surface area contributed by atoms with Gasteiger partial charge in [-0.2, -0.15) is 0 Å². The molecule has 1 saturated carbocycles. The summed E-state index contributed by atoms with van der Waals surface area (Å²) in [5.41, 5.74) is 0. The van der Waals surface area contributed by atoms with Gasteiger partial charge in [-0.05, 0) is 19.1 Å². The molecule has 1 aromatic rings. The first kappa shape index (κ1) is 11.0. The van der Waals surface area contributed by atoms with Crippen LogP contribution in [-0.4, -0.2) is 22.3 Å². The minimum Gasteiger partial charge on any atom is -0.366 e. The zero-order valence-corrected chi connectivity index (χ0v) is 10.2. The zero-order valence-electron chi connectivity index (χ0n) is 8.66. The Morgan fingerprint density at radius 2 is 2.13 bits per heavy atom. The van der Waals surface area contributed by atoms with Gasteiger partial charge in [0.15, 0.2) is 0 Å². The van der Waals surface area contributed by atoms with Crippen LogP contribution in [-0.2, 0) is 0 Å². The molecular weight excluding hydrogens is 230 g/mol. The highest BCUT2D eigenvalue weighted by molar-refractivity contribution is 7.98. The number of rotatable bonds is 3. The Labute approximate surface area is 99.0 Å². The quantitative estimate of drug-likeness (QED) is 0.654. The van der Waals surface area contributed by atoms with Gasteiger partial charge >= 0.3 is 0 Å². The number of anilines is 1. The van der Waals surface area contributed by atoms with Gasteiger partial charge in [0.2, 0.25) is 0 Å². The van der Waals surface area contributed by atoms with E-state index in [1.54, 1.807) is 11.8 Å². The van der Waals surface area contributed by atoms with E-state index in [9.17, 15) is 0 Å². The van der Waals surface area contributed by atoms with Crippen molar-refractivity contribution in [3.63, 3.8) is 0 Å². The Kier molecular flexibility index (Phi) is 3.70. The van der Waals surface area contributed by atoms with Crippen LogP contribution in [0.3, 0.4) is 0 Å². The molecule has 82 valence electrons. The highest BCUT2D eigenvalue weighted by Gasteiger charge is 2.17. The Morgan fingerprint density at radius 1 is 1.40 bits per heavy atom. The van der Waals surface area contributed by atoms with Gasteiger partial charge in [0.05, 0.1) is 4.90 Å². The molecule has 0 radical (unpaired) electrons. The fourth-order valence-corrected chi connectivity index (χ4v) is 2.79. The molecule has 0 aliphatic heterocycles. The molecule has 2 rings (SSSR count). The second-order valence-corrected chi connectivity index (χ2v) is 4.85. The first-order valence-electron chi connectivity index (χ1n) is 5.12. The van der Waals surface area contributed by atoms with Crippen molar-refractivity contribution in [3.05, 3.63) is 11.5 Å². The van der Waals surface area contributed by atoms with Gasteiger partial charge < -0.3 is 5.32 Å². The predicted molar refractivity (Wildman–Crippen MR) is 64.7 cm³/mol. The SMILES string of the molecule is CSc1c(Cl)ncnc1NC1CCCC1. The molecular formula is C10H14ClN3S. The maximum absolute atomic E-state index is 6.00. The normalized spacial score (nSPS) is 16.9. The van der Waals surface area contributed by atoms with E-state index in [1.807, 2.05) is 6.26 Å². The summed E-state index contributed by atoms with van der Waals surface area (Å²) < 4.78 is 0. The summed E-state index contributed by atoms with van der Waals surface area (Å²) in [6, 6.07) is 0.557. The Bertz CT molecular complexity index is 339.